The fourth-order valence-electron chi connectivity index (χ4n) is 2.58. The first-order chi connectivity index (χ1) is 11.1. The number of anilines is 1. The lowest BCUT2D eigenvalue weighted by Crippen LogP contribution is -2.46. The molecule has 0 bridgehead atoms. The standard InChI is InChI=1S/C17H19N3O3/c1-12-11-13(17(22)20-8-6-18-7-9-20)4-5-14(12)19-16(21)15-3-2-10-23-15/h2-5,10-11,18H,6-9H2,1H3,(H,19,21). The molecule has 0 radical (unpaired) electrons. The van der Waals surface area contributed by atoms with Crippen LogP contribution in [0.2, 0.25) is 0 Å². The van der Waals surface area contributed by atoms with E-state index in [9.17, 15) is 9.59 Å². The Balaban J connectivity index is 1.72. The normalized spacial score (nSPS) is 14.6. The van der Waals surface area contributed by atoms with E-state index < -0.39 is 0 Å². The molecule has 1 aromatic carbocycles. The molecule has 2 heterocycles. The number of nitrogens with zero attached hydrogens (tertiary/aromatic N) is 1. The van der Waals surface area contributed by atoms with E-state index in [0.717, 1.165) is 31.7 Å². The van der Waals surface area contributed by atoms with Gasteiger partial charge in [-0.3, -0.25) is 9.59 Å². The van der Waals surface area contributed by atoms with Crippen molar-refractivity contribution in [2.24, 2.45) is 0 Å². The van der Waals surface area contributed by atoms with Crippen LogP contribution < -0.4 is 10.6 Å². The number of carbonyl (C=O) groups is 2. The zero-order valence-electron chi connectivity index (χ0n) is 13.0. The molecule has 0 unspecified atom stereocenters. The van der Waals surface area contributed by atoms with E-state index in [0.29, 0.717) is 11.3 Å². The van der Waals surface area contributed by atoms with Gasteiger partial charge in [0.1, 0.15) is 0 Å². The van der Waals surface area contributed by atoms with Gasteiger partial charge in [0.05, 0.1) is 6.26 Å². The van der Waals surface area contributed by atoms with E-state index in [-0.39, 0.29) is 17.6 Å². The summed E-state index contributed by atoms with van der Waals surface area (Å²) in [6.45, 7) is 4.94. The van der Waals surface area contributed by atoms with Crippen LogP contribution in [-0.4, -0.2) is 42.9 Å². The number of aryl methyl sites for hydroxylation is 1. The lowest BCUT2D eigenvalue weighted by molar-refractivity contribution is 0.0735. The first-order valence-corrected chi connectivity index (χ1v) is 7.60. The molecule has 2 aromatic rings. The van der Waals surface area contributed by atoms with Gasteiger partial charge in [0.2, 0.25) is 0 Å². The molecule has 0 atom stereocenters. The quantitative estimate of drug-likeness (QED) is 0.907. The number of hydrogen-bond acceptors (Lipinski definition) is 4. The molecule has 1 saturated heterocycles. The number of amides is 2. The van der Waals surface area contributed by atoms with Crippen LogP contribution in [0.25, 0.3) is 0 Å². The second-order valence-corrected chi connectivity index (χ2v) is 5.50. The summed E-state index contributed by atoms with van der Waals surface area (Å²) < 4.78 is 5.07. The summed E-state index contributed by atoms with van der Waals surface area (Å²) in [7, 11) is 0. The highest BCUT2D eigenvalue weighted by Gasteiger charge is 2.19. The highest BCUT2D eigenvalue weighted by molar-refractivity contribution is 6.03. The van der Waals surface area contributed by atoms with Gasteiger partial charge in [-0.2, -0.15) is 0 Å². The zero-order valence-corrected chi connectivity index (χ0v) is 13.0. The van der Waals surface area contributed by atoms with Gasteiger partial charge in [-0.25, -0.2) is 0 Å². The summed E-state index contributed by atoms with van der Waals surface area (Å²) in [4.78, 5) is 26.3. The largest absolute Gasteiger partial charge is 0.459 e. The van der Waals surface area contributed by atoms with Crippen LogP contribution in [-0.2, 0) is 0 Å². The van der Waals surface area contributed by atoms with E-state index in [1.165, 1.54) is 6.26 Å². The Kier molecular flexibility index (Phi) is 4.43. The number of hydrogen-bond donors (Lipinski definition) is 2. The Labute approximate surface area is 134 Å². The Bertz CT molecular complexity index is 704. The van der Waals surface area contributed by atoms with Crippen LogP contribution in [0, 0.1) is 6.92 Å². The maximum atomic E-state index is 12.5. The lowest BCUT2D eigenvalue weighted by Gasteiger charge is -2.27. The van der Waals surface area contributed by atoms with Crippen molar-refractivity contribution in [3.05, 3.63) is 53.5 Å². The van der Waals surface area contributed by atoms with Crippen molar-refractivity contribution in [2.75, 3.05) is 31.5 Å². The Morgan fingerprint density at radius 2 is 2.00 bits per heavy atom. The lowest BCUT2D eigenvalue weighted by atomic mass is 10.1. The van der Waals surface area contributed by atoms with Crippen molar-refractivity contribution in [1.82, 2.24) is 10.2 Å². The summed E-state index contributed by atoms with van der Waals surface area (Å²) in [6.07, 6.45) is 1.46. The second kappa shape index (κ2) is 6.66. The van der Waals surface area contributed by atoms with Crippen LogP contribution in [0.3, 0.4) is 0 Å². The van der Waals surface area contributed by atoms with Crippen molar-refractivity contribution in [3.63, 3.8) is 0 Å². The van der Waals surface area contributed by atoms with Crippen molar-refractivity contribution in [1.29, 1.82) is 0 Å². The van der Waals surface area contributed by atoms with Crippen LogP contribution >= 0.6 is 0 Å². The van der Waals surface area contributed by atoms with Gasteiger partial charge in [-0.05, 0) is 42.8 Å². The molecule has 3 rings (SSSR count). The topological polar surface area (TPSA) is 74.6 Å². The van der Waals surface area contributed by atoms with Crippen LogP contribution in [0.5, 0.6) is 0 Å². The van der Waals surface area contributed by atoms with Gasteiger partial charge in [-0.15, -0.1) is 0 Å². The molecular weight excluding hydrogens is 294 g/mol. The van der Waals surface area contributed by atoms with Gasteiger partial charge in [-0.1, -0.05) is 0 Å². The predicted octanol–water partition coefficient (Wildman–Crippen LogP) is 1.89. The number of carbonyl (C=O) groups excluding carboxylic acids is 2. The number of benzene rings is 1. The third kappa shape index (κ3) is 3.43. The monoisotopic (exact) mass is 313 g/mol. The summed E-state index contributed by atoms with van der Waals surface area (Å²) in [5.74, 6) is -0.0248. The summed E-state index contributed by atoms with van der Waals surface area (Å²) in [5, 5.41) is 6.02. The summed E-state index contributed by atoms with van der Waals surface area (Å²) >= 11 is 0. The van der Waals surface area contributed by atoms with Crippen molar-refractivity contribution < 1.29 is 14.0 Å². The Morgan fingerprint density at radius 3 is 2.65 bits per heavy atom. The van der Waals surface area contributed by atoms with E-state index in [1.54, 1.807) is 24.3 Å². The molecule has 0 aliphatic carbocycles. The summed E-state index contributed by atoms with van der Waals surface area (Å²) in [5.41, 5.74) is 2.15. The zero-order chi connectivity index (χ0) is 16.2. The van der Waals surface area contributed by atoms with Crippen LogP contribution in [0.4, 0.5) is 5.69 Å². The molecule has 6 heteroatoms. The fraction of sp³-hybridized carbons (Fsp3) is 0.294. The van der Waals surface area contributed by atoms with Crippen LogP contribution in [0.15, 0.2) is 41.0 Å². The number of furan rings is 1. The highest BCUT2D eigenvalue weighted by Crippen LogP contribution is 2.19. The highest BCUT2D eigenvalue weighted by atomic mass is 16.3. The van der Waals surface area contributed by atoms with E-state index in [1.807, 2.05) is 17.9 Å². The van der Waals surface area contributed by atoms with Gasteiger partial charge in [0, 0.05) is 37.4 Å². The average molecular weight is 313 g/mol. The molecular formula is C17H19N3O3. The molecule has 1 aromatic heterocycles. The minimum atomic E-state index is -0.306. The molecule has 0 saturated carbocycles. The molecule has 1 aliphatic heterocycles. The fourth-order valence-corrected chi connectivity index (χ4v) is 2.58. The van der Waals surface area contributed by atoms with Crippen molar-refractivity contribution in [3.8, 4) is 0 Å². The molecule has 6 nitrogen and oxygen atoms in total. The minimum Gasteiger partial charge on any atom is -0.459 e. The molecule has 0 spiro atoms. The van der Waals surface area contributed by atoms with E-state index >= 15 is 0 Å². The van der Waals surface area contributed by atoms with Gasteiger partial charge < -0.3 is 20.0 Å². The van der Waals surface area contributed by atoms with Crippen molar-refractivity contribution in [2.45, 2.75) is 6.92 Å². The second-order valence-electron chi connectivity index (χ2n) is 5.50. The molecule has 120 valence electrons. The maximum absolute atomic E-state index is 12.5. The Hall–Kier alpha value is -2.60. The van der Waals surface area contributed by atoms with E-state index in [4.69, 9.17) is 4.42 Å². The average Bonchev–Trinajstić information content (AvgIpc) is 3.11. The van der Waals surface area contributed by atoms with Gasteiger partial charge in [0.15, 0.2) is 5.76 Å². The third-order valence-electron chi connectivity index (χ3n) is 3.87. The maximum Gasteiger partial charge on any atom is 0.291 e. The molecule has 1 aliphatic rings. The molecule has 23 heavy (non-hydrogen) atoms. The third-order valence-corrected chi connectivity index (χ3v) is 3.87. The molecule has 1 fully saturated rings. The van der Waals surface area contributed by atoms with Crippen LogP contribution in [0.1, 0.15) is 26.5 Å². The van der Waals surface area contributed by atoms with E-state index in [2.05, 4.69) is 10.6 Å². The minimum absolute atomic E-state index is 0.0264. The SMILES string of the molecule is Cc1cc(C(=O)N2CCNCC2)ccc1NC(=O)c1ccco1. The first kappa shape index (κ1) is 15.3. The summed E-state index contributed by atoms with van der Waals surface area (Å²) in [6, 6.07) is 8.58. The number of nitrogens with one attached hydrogen (secondary N) is 2. The number of rotatable bonds is 3. The molecule has 2 N–H and O–H groups in total. The number of piperazine rings is 1. The predicted molar refractivity (Wildman–Crippen MR) is 86.6 cm³/mol. The van der Waals surface area contributed by atoms with Gasteiger partial charge in [0.25, 0.3) is 11.8 Å². The first-order valence-electron chi connectivity index (χ1n) is 7.60. The smallest absolute Gasteiger partial charge is 0.291 e. The Morgan fingerprint density at radius 1 is 1.22 bits per heavy atom. The van der Waals surface area contributed by atoms with Crippen molar-refractivity contribution >= 4 is 17.5 Å². The van der Waals surface area contributed by atoms with Gasteiger partial charge >= 0.3 is 0 Å². The molecule has 2 amide bonds.